The van der Waals surface area contributed by atoms with Gasteiger partial charge < -0.3 is 26.7 Å². The molecule has 0 amide bonds. The van der Waals surface area contributed by atoms with Crippen LogP contribution < -0.4 is 22.3 Å². The Bertz CT molecular complexity index is 1070. The number of halogens is 2. The van der Waals surface area contributed by atoms with E-state index in [0.717, 1.165) is 44.7 Å². The van der Waals surface area contributed by atoms with E-state index >= 15 is 0 Å². The van der Waals surface area contributed by atoms with Gasteiger partial charge in [0.15, 0.2) is 0 Å². The van der Waals surface area contributed by atoms with E-state index in [9.17, 15) is 9.18 Å². The molecule has 1 fully saturated rings. The van der Waals surface area contributed by atoms with E-state index < -0.39 is 0 Å². The van der Waals surface area contributed by atoms with Crippen LogP contribution >= 0.6 is 11.6 Å². The zero-order valence-electron chi connectivity index (χ0n) is 16.7. The summed E-state index contributed by atoms with van der Waals surface area (Å²) in [4.78, 5) is 19.6. The molecule has 1 saturated heterocycles. The molecule has 1 aromatic carbocycles. The van der Waals surface area contributed by atoms with Gasteiger partial charge in [0.1, 0.15) is 5.82 Å². The molecule has 9 heteroatoms. The van der Waals surface area contributed by atoms with Crippen LogP contribution in [0.4, 0.5) is 10.1 Å². The second kappa shape index (κ2) is 8.57. The highest BCUT2D eigenvalue weighted by atomic mass is 35.5. The molecule has 2 aliphatic heterocycles. The third-order valence-corrected chi connectivity index (χ3v) is 5.81. The van der Waals surface area contributed by atoms with Crippen LogP contribution in [-0.4, -0.2) is 47.5 Å². The van der Waals surface area contributed by atoms with Gasteiger partial charge in [0.25, 0.3) is 5.56 Å². The molecule has 1 aromatic heterocycles. The number of rotatable bonds is 4. The van der Waals surface area contributed by atoms with Gasteiger partial charge in [-0.25, -0.2) is 4.39 Å². The number of benzene rings is 1. The van der Waals surface area contributed by atoms with Gasteiger partial charge in [-0.1, -0.05) is 11.6 Å². The summed E-state index contributed by atoms with van der Waals surface area (Å²) in [6.45, 7) is 4.44. The molecule has 3 heterocycles. The van der Waals surface area contributed by atoms with Crippen LogP contribution in [0.3, 0.4) is 0 Å². The SMILES string of the molecule is N/C(Cl)=C\C=C(/N)N1CCN(Cc2cc(F)c3c4c(c(=O)[nH]c3c2)CCCN4)CC1. The highest BCUT2D eigenvalue weighted by molar-refractivity contribution is 6.29. The highest BCUT2D eigenvalue weighted by Crippen LogP contribution is 2.30. The lowest BCUT2D eigenvalue weighted by molar-refractivity contribution is 0.151. The first-order valence-corrected chi connectivity index (χ1v) is 10.5. The molecule has 160 valence electrons. The molecule has 2 aliphatic rings. The standard InChI is InChI=1S/C21H26ClFN6O/c22-17(24)3-4-18(25)29-8-6-28(7-9-29)12-13-10-15(23)19-16(11-13)27-21(30)14-2-1-5-26-20(14)19/h3-4,10-11,26H,1-2,5-9,12,24-25H2,(H,27,30)/b17-3-,18-4+. The Balaban J connectivity index is 1.50. The summed E-state index contributed by atoms with van der Waals surface area (Å²) in [5.74, 6) is 0.311. The van der Waals surface area contributed by atoms with E-state index in [1.807, 2.05) is 6.07 Å². The molecule has 0 saturated carbocycles. The Hall–Kier alpha value is -2.71. The maximum Gasteiger partial charge on any atom is 0.253 e. The van der Waals surface area contributed by atoms with Gasteiger partial charge in [-0.05, 0) is 42.7 Å². The van der Waals surface area contributed by atoms with Gasteiger partial charge in [0.2, 0.25) is 0 Å². The number of aromatic nitrogens is 1. The van der Waals surface area contributed by atoms with Crippen LogP contribution in [0.15, 0.2) is 40.1 Å². The van der Waals surface area contributed by atoms with Crippen LogP contribution in [0.5, 0.6) is 0 Å². The fourth-order valence-electron chi connectivity index (χ4n) is 4.17. The van der Waals surface area contributed by atoms with Gasteiger partial charge >= 0.3 is 0 Å². The zero-order valence-corrected chi connectivity index (χ0v) is 17.4. The average Bonchev–Trinajstić information content (AvgIpc) is 2.72. The van der Waals surface area contributed by atoms with Crippen molar-refractivity contribution in [2.24, 2.45) is 11.5 Å². The predicted octanol–water partition coefficient (Wildman–Crippen LogP) is 1.98. The first-order valence-electron chi connectivity index (χ1n) is 10.1. The van der Waals surface area contributed by atoms with Gasteiger partial charge in [-0.2, -0.15) is 0 Å². The smallest absolute Gasteiger partial charge is 0.253 e. The molecule has 0 radical (unpaired) electrons. The number of fused-ring (bicyclic) bond motifs is 3. The third-order valence-electron chi connectivity index (χ3n) is 5.69. The molecule has 6 N–H and O–H groups in total. The molecule has 2 aromatic rings. The molecule has 30 heavy (non-hydrogen) atoms. The quantitative estimate of drug-likeness (QED) is 0.435. The minimum Gasteiger partial charge on any atom is -0.389 e. The first kappa shape index (κ1) is 20.6. The fraction of sp³-hybridized carbons (Fsp3) is 0.381. The maximum atomic E-state index is 15.0. The minimum atomic E-state index is -0.305. The summed E-state index contributed by atoms with van der Waals surface area (Å²) >= 11 is 5.63. The topological polar surface area (TPSA) is 103 Å². The van der Waals surface area contributed by atoms with Crippen molar-refractivity contribution in [2.75, 3.05) is 38.0 Å². The van der Waals surface area contributed by atoms with Crippen molar-refractivity contribution in [3.8, 4) is 0 Å². The number of nitrogens with one attached hydrogen (secondary N) is 2. The van der Waals surface area contributed by atoms with Crippen LogP contribution in [-0.2, 0) is 13.0 Å². The van der Waals surface area contributed by atoms with E-state index in [-0.39, 0.29) is 16.5 Å². The van der Waals surface area contributed by atoms with Gasteiger partial charge in [-0.3, -0.25) is 9.69 Å². The maximum absolute atomic E-state index is 15.0. The van der Waals surface area contributed by atoms with Crippen LogP contribution in [0.2, 0.25) is 0 Å². The monoisotopic (exact) mass is 432 g/mol. The third kappa shape index (κ3) is 4.24. The van der Waals surface area contributed by atoms with E-state index in [1.165, 1.54) is 0 Å². The summed E-state index contributed by atoms with van der Waals surface area (Å²) in [5.41, 5.74) is 14.0. The summed E-state index contributed by atoms with van der Waals surface area (Å²) in [6.07, 6.45) is 4.81. The van der Waals surface area contributed by atoms with Crippen LogP contribution in [0, 0.1) is 5.82 Å². The van der Waals surface area contributed by atoms with E-state index in [0.29, 0.717) is 40.9 Å². The van der Waals surface area contributed by atoms with E-state index in [2.05, 4.69) is 20.1 Å². The molecule has 0 unspecified atom stereocenters. The van der Waals surface area contributed by atoms with Crippen molar-refractivity contribution < 1.29 is 4.39 Å². The number of nitrogens with two attached hydrogens (primary N) is 2. The Morgan fingerprint density at radius 3 is 2.70 bits per heavy atom. The number of allylic oxidation sites excluding steroid dienone is 2. The number of anilines is 1. The van der Waals surface area contributed by atoms with Crippen molar-refractivity contribution in [1.29, 1.82) is 0 Å². The highest BCUT2D eigenvalue weighted by Gasteiger charge is 2.21. The molecule has 0 bridgehead atoms. The summed E-state index contributed by atoms with van der Waals surface area (Å²) < 4.78 is 15.0. The molecule has 7 nitrogen and oxygen atoms in total. The lowest BCUT2D eigenvalue weighted by Crippen LogP contribution is -2.46. The van der Waals surface area contributed by atoms with E-state index in [4.69, 9.17) is 23.1 Å². The lowest BCUT2D eigenvalue weighted by atomic mass is 10.00. The summed E-state index contributed by atoms with van der Waals surface area (Å²) in [6, 6.07) is 3.46. The Kier molecular flexibility index (Phi) is 5.87. The van der Waals surface area contributed by atoms with Gasteiger partial charge in [-0.15, -0.1) is 0 Å². The summed E-state index contributed by atoms with van der Waals surface area (Å²) in [5, 5.41) is 3.87. The number of H-pyrrole nitrogens is 1. The lowest BCUT2D eigenvalue weighted by Gasteiger charge is -2.36. The van der Waals surface area contributed by atoms with E-state index in [1.54, 1.807) is 18.2 Å². The second-order valence-corrected chi connectivity index (χ2v) is 8.18. The fourth-order valence-corrected chi connectivity index (χ4v) is 4.24. The van der Waals surface area contributed by atoms with Gasteiger partial charge in [0, 0.05) is 44.8 Å². The first-order chi connectivity index (χ1) is 14.4. The molecule has 0 spiro atoms. The number of piperazine rings is 1. The number of nitrogens with zero attached hydrogens (tertiary/aromatic N) is 2. The summed E-state index contributed by atoms with van der Waals surface area (Å²) in [7, 11) is 0. The van der Waals surface area contributed by atoms with Crippen LogP contribution in [0.1, 0.15) is 17.5 Å². The number of hydrogen-bond donors (Lipinski definition) is 4. The number of aromatic amines is 1. The zero-order chi connectivity index (χ0) is 21.3. The normalized spacial score (nSPS) is 18.4. The Morgan fingerprint density at radius 1 is 1.20 bits per heavy atom. The Labute approximate surface area is 179 Å². The van der Waals surface area contributed by atoms with Crippen molar-refractivity contribution in [1.82, 2.24) is 14.8 Å². The minimum absolute atomic E-state index is 0.135. The van der Waals surface area contributed by atoms with Crippen molar-refractivity contribution in [3.63, 3.8) is 0 Å². The average molecular weight is 433 g/mol. The van der Waals surface area contributed by atoms with Crippen molar-refractivity contribution >= 4 is 28.2 Å². The molecular formula is C21H26ClFN6O. The Morgan fingerprint density at radius 2 is 1.97 bits per heavy atom. The molecule has 0 atom stereocenters. The number of hydrogen-bond acceptors (Lipinski definition) is 6. The predicted molar refractivity (Wildman–Crippen MR) is 119 cm³/mol. The van der Waals surface area contributed by atoms with Crippen LogP contribution in [0.25, 0.3) is 10.9 Å². The van der Waals surface area contributed by atoms with Crippen molar-refractivity contribution in [2.45, 2.75) is 19.4 Å². The van der Waals surface area contributed by atoms with Gasteiger partial charge in [0.05, 0.1) is 27.6 Å². The molecule has 0 aliphatic carbocycles. The largest absolute Gasteiger partial charge is 0.389 e. The number of pyridine rings is 1. The second-order valence-electron chi connectivity index (χ2n) is 7.74. The molecular weight excluding hydrogens is 407 g/mol. The molecule has 4 rings (SSSR count). The van der Waals surface area contributed by atoms with Crippen molar-refractivity contribution in [3.05, 3.63) is 62.6 Å².